The molecule has 0 saturated carbocycles. The predicted octanol–water partition coefficient (Wildman–Crippen LogP) is 1.40. The van der Waals surface area contributed by atoms with Crippen LogP contribution in [0.25, 0.3) is 0 Å². The van der Waals surface area contributed by atoms with E-state index in [0.29, 0.717) is 12.5 Å². The minimum Gasteiger partial charge on any atom is -0.369 e. The normalized spacial score (nSPS) is 20.3. The third-order valence-corrected chi connectivity index (χ3v) is 5.46. The molecule has 2 heterocycles. The van der Waals surface area contributed by atoms with Crippen LogP contribution in [0.5, 0.6) is 0 Å². The number of amides is 2. The lowest BCUT2D eigenvalue weighted by Gasteiger charge is -2.47. The first-order chi connectivity index (χ1) is 11.0. The Kier molecular flexibility index (Phi) is 5.02. The summed E-state index contributed by atoms with van der Waals surface area (Å²) >= 11 is 3.40. The van der Waals surface area contributed by atoms with Crippen LogP contribution in [0.15, 0.2) is 28.7 Å². The molecule has 0 aromatic heterocycles. The number of nitrogens with zero attached hydrogens (tertiary/aromatic N) is 2. The second-order valence-electron chi connectivity index (χ2n) is 6.47. The molecule has 2 fully saturated rings. The summed E-state index contributed by atoms with van der Waals surface area (Å²) in [5.41, 5.74) is 6.41. The summed E-state index contributed by atoms with van der Waals surface area (Å²) in [7, 11) is 0. The molecule has 1 aromatic carbocycles. The third kappa shape index (κ3) is 3.93. The average molecular weight is 380 g/mol. The first-order valence-corrected chi connectivity index (χ1v) is 8.88. The number of carbonyl (C=O) groups is 2. The Bertz CT molecular complexity index is 576. The van der Waals surface area contributed by atoms with Crippen molar-refractivity contribution in [2.45, 2.75) is 25.3 Å². The van der Waals surface area contributed by atoms with Crippen molar-refractivity contribution in [3.8, 4) is 0 Å². The highest BCUT2D eigenvalue weighted by Gasteiger charge is 2.36. The summed E-state index contributed by atoms with van der Waals surface area (Å²) < 4.78 is 1.03. The highest BCUT2D eigenvalue weighted by atomic mass is 79.9. The van der Waals surface area contributed by atoms with Gasteiger partial charge in [0.1, 0.15) is 0 Å². The van der Waals surface area contributed by atoms with E-state index in [9.17, 15) is 9.59 Å². The summed E-state index contributed by atoms with van der Waals surface area (Å²) in [5.74, 6) is 0.0432. The van der Waals surface area contributed by atoms with E-state index < -0.39 is 0 Å². The van der Waals surface area contributed by atoms with Gasteiger partial charge in [-0.1, -0.05) is 28.1 Å². The molecule has 0 bridgehead atoms. The van der Waals surface area contributed by atoms with Gasteiger partial charge in [0.05, 0.1) is 6.42 Å². The van der Waals surface area contributed by atoms with Gasteiger partial charge in [-0.3, -0.25) is 14.5 Å². The second kappa shape index (κ2) is 7.01. The summed E-state index contributed by atoms with van der Waals surface area (Å²) in [6.07, 6.45) is 2.15. The fraction of sp³-hybridized carbons (Fsp3) is 0.529. The molecule has 0 spiro atoms. The van der Waals surface area contributed by atoms with Crippen molar-refractivity contribution < 1.29 is 9.59 Å². The van der Waals surface area contributed by atoms with Crippen LogP contribution in [0.1, 0.15) is 18.4 Å². The molecule has 1 aromatic rings. The number of primary amides is 1. The minimum atomic E-state index is -0.176. The van der Waals surface area contributed by atoms with Crippen LogP contribution in [-0.4, -0.2) is 53.8 Å². The van der Waals surface area contributed by atoms with E-state index in [1.807, 2.05) is 29.2 Å². The minimum absolute atomic E-state index is 0.0291. The zero-order valence-corrected chi connectivity index (χ0v) is 14.7. The van der Waals surface area contributed by atoms with Crippen LogP contribution in [0.4, 0.5) is 0 Å². The van der Waals surface area contributed by atoms with Gasteiger partial charge in [-0.15, -0.1) is 0 Å². The monoisotopic (exact) mass is 379 g/mol. The quantitative estimate of drug-likeness (QED) is 0.859. The molecule has 23 heavy (non-hydrogen) atoms. The third-order valence-electron chi connectivity index (χ3n) is 4.93. The lowest BCUT2D eigenvalue weighted by atomic mass is 9.93. The summed E-state index contributed by atoms with van der Waals surface area (Å²) in [6, 6.07) is 8.33. The van der Waals surface area contributed by atoms with Crippen LogP contribution in [0.2, 0.25) is 0 Å². The predicted molar refractivity (Wildman–Crippen MR) is 91.7 cm³/mol. The average Bonchev–Trinajstić information content (AvgIpc) is 2.48. The summed E-state index contributed by atoms with van der Waals surface area (Å²) in [5, 5.41) is 0. The molecule has 2 aliphatic rings. The second-order valence-corrected chi connectivity index (χ2v) is 7.38. The number of carbonyl (C=O) groups excluding carboxylic acids is 2. The van der Waals surface area contributed by atoms with E-state index >= 15 is 0 Å². The highest BCUT2D eigenvalue weighted by Crippen LogP contribution is 2.23. The molecule has 2 amide bonds. The molecule has 2 saturated heterocycles. The zero-order valence-electron chi connectivity index (χ0n) is 13.1. The standard InChI is InChI=1S/C17H22BrN3O2/c18-14-3-1-12(2-4-14)9-16(22)21-10-15(11-21)20-7-5-13(6-8-20)17(19)23/h1-4,13,15H,5-11H2,(H2,19,23). The summed E-state index contributed by atoms with van der Waals surface area (Å²) in [4.78, 5) is 27.8. The summed E-state index contributed by atoms with van der Waals surface area (Å²) in [6.45, 7) is 3.42. The van der Waals surface area contributed by atoms with Crippen molar-refractivity contribution in [1.82, 2.24) is 9.80 Å². The molecule has 2 N–H and O–H groups in total. The molecule has 0 unspecified atom stereocenters. The smallest absolute Gasteiger partial charge is 0.227 e. The van der Waals surface area contributed by atoms with Gasteiger partial charge < -0.3 is 10.6 Å². The Labute approximate surface area is 144 Å². The van der Waals surface area contributed by atoms with Gasteiger partial charge >= 0.3 is 0 Å². The molecule has 124 valence electrons. The van der Waals surface area contributed by atoms with Crippen molar-refractivity contribution in [3.63, 3.8) is 0 Å². The molecule has 0 radical (unpaired) electrons. The number of halogens is 1. The van der Waals surface area contributed by atoms with Crippen LogP contribution < -0.4 is 5.73 Å². The lowest BCUT2D eigenvalue weighted by molar-refractivity contribution is -0.138. The number of nitrogens with two attached hydrogens (primary N) is 1. The number of rotatable bonds is 4. The molecule has 0 aliphatic carbocycles. The van der Waals surface area contributed by atoms with Gasteiger partial charge in [0.25, 0.3) is 0 Å². The SMILES string of the molecule is NC(=O)C1CCN(C2CN(C(=O)Cc3ccc(Br)cc3)C2)CC1. The Morgan fingerprint density at radius 2 is 1.74 bits per heavy atom. The lowest BCUT2D eigenvalue weighted by Crippen LogP contribution is -2.62. The van der Waals surface area contributed by atoms with Gasteiger partial charge in [0, 0.05) is 29.5 Å². The molecular formula is C17H22BrN3O2. The highest BCUT2D eigenvalue weighted by molar-refractivity contribution is 9.10. The Hall–Kier alpha value is -1.40. The molecule has 5 nitrogen and oxygen atoms in total. The van der Waals surface area contributed by atoms with Crippen LogP contribution in [0, 0.1) is 5.92 Å². The zero-order chi connectivity index (χ0) is 16.4. The maximum Gasteiger partial charge on any atom is 0.227 e. The van der Waals surface area contributed by atoms with Gasteiger partial charge in [-0.05, 0) is 43.6 Å². The van der Waals surface area contributed by atoms with Crippen molar-refractivity contribution >= 4 is 27.7 Å². The topological polar surface area (TPSA) is 66.6 Å². The molecule has 0 atom stereocenters. The van der Waals surface area contributed by atoms with Crippen LogP contribution >= 0.6 is 15.9 Å². The Morgan fingerprint density at radius 3 is 2.30 bits per heavy atom. The van der Waals surface area contributed by atoms with Crippen LogP contribution in [0.3, 0.4) is 0 Å². The van der Waals surface area contributed by atoms with E-state index in [-0.39, 0.29) is 17.7 Å². The first-order valence-electron chi connectivity index (χ1n) is 8.08. The Morgan fingerprint density at radius 1 is 1.13 bits per heavy atom. The molecule has 6 heteroatoms. The molecular weight excluding hydrogens is 358 g/mol. The fourth-order valence-electron chi connectivity index (χ4n) is 3.33. The van der Waals surface area contributed by atoms with E-state index in [0.717, 1.165) is 49.1 Å². The largest absolute Gasteiger partial charge is 0.369 e. The fourth-order valence-corrected chi connectivity index (χ4v) is 3.59. The van der Waals surface area contributed by atoms with E-state index in [1.54, 1.807) is 0 Å². The maximum atomic E-state index is 12.3. The number of hydrogen-bond acceptors (Lipinski definition) is 3. The van der Waals surface area contributed by atoms with Gasteiger partial charge in [0.2, 0.25) is 11.8 Å². The number of hydrogen-bond donors (Lipinski definition) is 1. The molecule has 3 rings (SSSR count). The van der Waals surface area contributed by atoms with Gasteiger partial charge in [0.15, 0.2) is 0 Å². The number of piperidine rings is 1. The van der Waals surface area contributed by atoms with Crippen molar-refractivity contribution in [2.24, 2.45) is 11.7 Å². The van der Waals surface area contributed by atoms with Crippen molar-refractivity contribution in [1.29, 1.82) is 0 Å². The van der Waals surface area contributed by atoms with E-state index in [1.165, 1.54) is 0 Å². The maximum absolute atomic E-state index is 12.3. The van der Waals surface area contributed by atoms with Gasteiger partial charge in [-0.25, -0.2) is 0 Å². The molecule has 2 aliphatic heterocycles. The number of benzene rings is 1. The van der Waals surface area contributed by atoms with E-state index in [4.69, 9.17) is 5.73 Å². The van der Waals surface area contributed by atoms with Crippen molar-refractivity contribution in [2.75, 3.05) is 26.2 Å². The van der Waals surface area contributed by atoms with Crippen molar-refractivity contribution in [3.05, 3.63) is 34.3 Å². The Balaban J connectivity index is 1.43. The van der Waals surface area contributed by atoms with Gasteiger partial charge in [-0.2, -0.15) is 0 Å². The van der Waals surface area contributed by atoms with Crippen LogP contribution in [-0.2, 0) is 16.0 Å². The van der Waals surface area contributed by atoms with E-state index in [2.05, 4.69) is 20.8 Å². The number of likely N-dealkylation sites (tertiary alicyclic amines) is 2. The first kappa shape index (κ1) is 16.5.